The highest BCUT2D eigenvalue weighted by Gasteiger charge is 2.49. The molecule has 5 heteroatoms. The van der Waals surface area contributed by atoms with Crippen molar-refractivity contribution in [2.75, 3.05) is 0 Å². The van der Waals surface area contributed by atoms with Gasteiger partial charge in [0, 0.05) is 24.2 Å². The van der Waals surface area contributed by atoms with Gasteiger partial charge >= 0.3 is 0 Å². The third kappa shape index (κ3) is 6.27. The first-order valence-corrected chi connectivity index (χ1v) is 10.7. The third-order valence-corrected chi connectivity index (χ3v) is 6.36. The number of carbonyl (C=O) groups excluding carboxylic acids is 1. The smallest absolute Gasteiger partial charge is 0.213 e. The van der Waals surface area contributed by atoms with Crippen LogP contribution in [0.3, 0.4) is 0 Å². The third-order valence-electron chi connectivity index (χ3n) is 6.36. The maximum Gasteiger partial charge on any atom is 0.213 e. The monoisotopic (exact) mass is 379 g/mol. The van der Waals surface area contributed by atoms with Gasteiger partial charge in [0.25, 0.3) is 0 Å². The molecule has 0 aromatic heterocycles. The average Bonchev–Trinajstić information content (AvgIpc) is 2.63. The van der Waals surface area contributed by atoms with Crippen molar-refractivity contribution in [1.29, 1.82) is 0 Å². The lowest BCUT2D eigenvalue weighted by Gasteiger charge is -2.50. The number of Topliss-reactive ketones (excluding diaryl/α,β-unsaturated/α-hetero) is 1. The summed E-state index contributed by atoms with van der Waals surface area (Å²) in [6.07, 6.45) is 9.87. The first kappa shape index (κ1) is 22.3. The Morgan fingerprint density at radius 1 is 1.22 bits per heavy atom. The molecule has 3 aliphatic rings. The second-order valence-corrected chi connectivity index (χ2v) is 9.46. The van der Waals surface area contributed by atoms with E-state index in [-0.39, 0.29) is 34.6 Å². The van der Waals surface area contributed by atoms with Crippen molar-refractivity contribution in [1.82, 2.24) is 0 Å². The second-order valence-electron chi connectivity index (χ2n) is 9.46. The quantitative estimate of drug-likeness (QED) is 0.268. The van der Waals surface area contributed by atoms with E-state index in [0.717, 1.165) is 51.4 Å². The van der Waals surface area contributed by atoms with Crippen molar-refractivity contribution in [3.05, 3.63) is 23.1 Å². The Morgan fingerprint density at radius 3 is 2.48 bits per heavy atom. The molecule has 0 N–H and O–H groups in total. The number of ether oxygens (including phenoxy) is 1. The van der Waals surface area contributed by atoms with Gasteiger partial charge in [-0.2, -0.15) is 0 Å². The number of carbonyl (C=O) groups is 1. The molecule has 2 radical (unpaired) electrons. The minimum Gasteiger partial charge on any atom is -0.360 e. The van der Waals surface area contributed by atoms with Gasteiger partial charge < -0.3 is 4.74 Å². The molecule has 2 saturated heterocycles. The van der Waals surface area contributed by atoms with Gasteiger partial charge in [-0.15, -0.1) is 0 Å². The van der Waals surface area contributed by atoms with Gasteiger partial charge in [-0.1, -0.05) is 53.4 Å². The van der Waals surface area contributed by atoms with Crippen molar-refractivity contribution in [3.8, 4) is 0 Å². The van der Waals surface area contributed by atoms with Crippen molar-refractivity contribution >= 4 is 5.78 Å². The highest BCUT2D eigenvalue weighted by molar-refractivity contribution is 5.90. The molecule has 3 fully saturated rings. The van der Waals surface area contributed by atoms with Crippen molar-refractivity contribution in [2.45, 2.75) is 104 Å². The van der Waals surface area contributed by atoms with Crippen LogP contribution in [-0.2, 0) is 9.53 Å². The molecule has 4 atom stereocenters. The van der Waals surface area contributed by atoms with Gasteiger partial charge in [0.15, 0.2) is 11.9 Å². The second kappa shape index (κ2) is 9.99. The SMILES string of the molecule is [CH2]CCCCCCC(CCC(=O)[C]1OC2CCC1CC2C(C)(C)C)[N+](=O)[O-]. The Balaban J connectivity index is 1.80. The maximum absolute atomic E-state index is 12.7. The summed E-state index contributed by atoms with van der Waals surface area (Å²) in [4.78, 5) is 23.8. The fourth-order valence-corrected chi connectivity index (χ4v) is 4.67. The summed E-state index contributed by atoms with van der Waals surface area (Å²) in [5.41, 5.74) is 0.183. The first-order valence-electron chi connectivity index (χ1n) is 10.7. The fourth-order valence-electron chi connectivity index (χ4n) is 4.67. The molecule has 4 unspecified atom stereocenters. The zero-order valence-electron chi connectivity index (χ0n) is 17.4. The zero-order chi connectivity index (χ0) is 20.0. The average molecular weight is 380 g/mol. The molecule has 1 aliphatic carbocycles. The summed E-state index contributed by atoms with van der Waals surface area (Å²) in [5.74, 6) is 0.696. The molecule has 154 valence electrons. The molecule has 3 rings (SSSR count). The lowest BCUT2D eigenvalue weighted by atomic mass is 9.64. The van der Waals surface area contributed by atoms with E-state index >= 15 is 0 Å². The molecule has 0 aromatic carbocycles. The highest BCUT2D eigenvalue weighted by Crippen LogP contribution is 2.50. The van der Waals surface area contributed by atoms with E-state index in [4.69, 9.17) is 4.74 Å². The number of fused-ring (bicyclic) bond motifs is 3. The largest absolute Gasteiger partial charge is 0.360 e. The summed E-state index contributed by atoms with van der Waals surface area (Å²) in [6.45, 7) is 10.5. The minimum absolute atomic E-state index is 0.000895. The van der Waals surface area contributed by atoms with Gasteiger partial charge in [-0.05, 0) is 42.9 Å². The van der Waals surface area contributed by atoms with Crippen molar-refractivity contribution < 1.29 is 14.5 Å². The first-order chi connectivity index (χ1) is 12.7. The van der Waals surface area contributed by atoms with Crippen LogP contribution in [0.1, 0.15) is 91.4 Å². The maximum atomic E-state index is 12.7. The van der Waals surface area contributed by atoms with Crippen LogP contribution in [0, 0.1) is 40.4 Å². The number of nitro groups is 1. The van der Waals surface area contributed by atoms with E-state index in [9.17, 15) is 14.9 Å². The summed E-state index contributed by atoms with van der Waals surface area (Å²) in [7, 11) is 0. The van der Waals surface area contributed by atoms with Gasteiger partial charge in [0.1, 0.15) is 0 Å². The summed E-state index contributed by atoms with van der Waals surface area (Å²) < 4.78 is 6.10. The van der Waals surface area contributed by atoms with Crippen molar-refractivity contribution in [2.24, 2.45) is 17.3 Å². The number of nitrogens with zero attached hydrogens (tertiary/aromatic N) is 1. The van der Waals surface area contributed by atoms with E-state index in [0.29, 0.717) is 24.9 Å². The molecular formula is C22H37NO4. The summed E-state index contributed by atoms with van der Waals surface area (Å²) in [6, 6.07) is -0.614. The number of ketones is 1. The topological polar surface area (TPSA) is 69.4 Å². The van der Waals surface area contributed by atoms with Gasteiger partial charge in [0.2, 0.25) is 6.04 Å². The van der Waals surface area contributed by atoms with Crippen LogP contribution in [0.5, 0.6) is 0 Å². The normalized spacial score (nSPS) is 26.9. The lowest BCUT2D eigenvalue weighted by Crippen LogP contribution is -2.49. The van der Waals surface area contributed by atoms with Crippen LogP contribution in [0.15, 0.2) is 0 Å². The van der Waals surface area contributed by atoms with Crippen LogP contribution in [-0.4, -0.2) is 22.9 Å². The number of hydrogen-bond donors (Lipinski definition) is 0. The van der Waals surface area contributed by atoms with E-state index in [1.165, 1.54) is 0 Å². The Hall–Kier alpha value is -0.970. The molecule has 27 heavy (non-hydrogen) atoms. The zero-order valence-corrected chi connectivity index (χ0v) is 17.4. The molecule has 1 saturated carbocycles. The Bertz CT molecular complexity index is 499. The van der Waals surface area contributed by atoms with Crippen LogP contribution in [0.4, 0.5) is 0 Å². The summed E-state index contributed by atoms with van der Waals surface area (Å²) in [5, 5.41) is 11.3. The van der Waals surface area contributed by atoms with E-state index < -0.39 is 6.04 Å². The van der Waals surface area contributed by atoms with Crippen LogP contribution in [0.25, 0.3) is 0 Å². The van der Waals surface area contributed by atoms with Crippen LogP contribution in [0.2, 0.25) is 0 Å². The van der Waals surface area contributed by atoms with Gasteiger partial charge in [0.05, 0.1) is 6.10 Å². The molecule has 2 bridgehead atoms. The molecule has 0 spiro atoms. The molecule has 0 aromatic rings. The van der Waals surface area contributed by atoms with Crippen LogP contribution >= 0.6 is 0 Å². The molecular weight excluding hydrogens is 342 g/mol. The minimum atomic E-state index is -0.614. The Morgan fingerprint density at radius 2 is 1.93 bits per heavy atom. The Kier molecular flexibility index (Phi) is 8.26. The van der Waals surface area contributed by atoms with E-state index in [2.05, 4.69) is 27.7 Å². The standard InChI is InChI=1S/C22H37NO4/c1-5-6-7-8-9-10-17(23(25)26)12-13-19(24)21-16-11-14-20(27-21)18(15-16)22(2,3)4/h16-18,20H,1,5-15H2,2-4H3. The van der Waals surface area contributed by atoms with Crippen LogP contribution < -0.4 is 0 Å². The summed E-state index contributed by atoms with van der Waals surface area (Å²) >= 11 is 0. The van der Waals surface area contributed by atoms with E-state index in [1.807, 2.05) is 0 Å². The fraction of sp³-hybridized carbons (Fsp3) is 0.864. The van der Waals surface area contributed by atoms with Crippen molar-refractivity contribution in [3.63, 3.8) is 0 Å². The van der Waals surface area contributed by atoms with Gasteiger partial charge in [-0.3, -0.25) is 14.9 Å². The van der Waals surface area contributed by atoms with E-state index in [1.54, 1.807) is 0 Å². The number of unbranched alkanes of at least 4 members (excludes halogenated alkanes) is 4. The number of hydrogen-bond acceptors (Lipinski definition) is 4. The number of rotatable bonds is 11. The molecule has 0 amide bonds. The molecule has 5 nitrogen and oxygen atoms in total. The molecule has 2 heterocycles. The highest BCUT2D eigenvalue weighted by atomic mass is 16.6. The lowest BCUT2D eigenvalue weighted by molar-refractivity contribution is -0.524. The molecule has 2 aliphatic heterocycles. The predicted molar refractivity (Wildman–Crippen MR) is 106 cm³/mol. The predicted octanol–water partition coefficient (Wildman–Crippen LogP) is 5.55. The van der Waals surface area contributed by atoms with Gasteiger partial charge in [-0.25, -0.2) is 0 Å². The Labute approximate surface area is 164 Å².